The lowest BCUT2D eigenvalue weighted by molar-refractivity contribution is -0.123. The molecule has 0 aliphatic rings. The predicted octanol–water partition coefficient (Wildman–Crippen LogP) is 0.284. The first-order valence-corrected chi connectivity index (χ1v) is 7.98. The van der Waals surface area contributed by atoms with Gasteiger partial charge in [-0.05, 0) is 0 Å². The van der Waals surface area contributed by atoms with Crippen LogP contribution in [0.3, 0.4) is 0 Å². The lowest BCUT2D eigenvalue weighted by atomic mass is 10.1. The van der Waals surface area contributed by atoms with Crippen molar-refractivity contribution >= 4 is 32.0 Å². The van der Waals surface area contributed by atoms with Gasteiger partial charge in [-0.25, -0.2) is 0 Å². The predicted molar refractivity (Wildman–Crippen MR) is 58.3 cm³/mol. The molecular weight excluding hydrogens is 294 g/mol. The van der Waals surface area contributed by atoms with Gasteiger partial charge in [0.2, 0.25) is 0 Å². The average molecular weight is 306 g/mol. The van der Waals surface area contributed by atoms with Crippen molar-refractivity contribution in [1.29, 1.82) is 0 Å². The Bertz CT molecular complexity index is 460. The number of Topliss-reactive ketones (excluding diaryl/α,β-unsaturated/α-hetero) is 2. The maximum atomic E-state index is 12.0. The molecule has 0 bridgehead atoms. The Labute approximate surface area is 104 Å². The van der Waals surface area contributed by atoms with Crippen LogP contribution in [0.2, 0.25) is 0 Å². The van der Waals surface area contributed by atoms with E-state index in [0.29, 0.717) is 0 Å². The molecule has 106 valence electrons. The van der Waals surface area contributed by atoms with Crippen LogP contribution in [0.4, 0.5) is 7.77 Å². The van der Waals surface area contributed by atoms with Gasteiger partial charge in [-0.1, -0.05) is 0 Å². The number of rotatable bonds is 9. The molecule has 0 aromatic rings. The monoisotopic (exact) mass is 306 g/mol. The van der Waals surface area contributed by atoms with E-state index in [1.165, 1.54) is 0 Å². The minimum absolute atomic E-state index is 0.319. The summed E-state index contributed by atoms with van der Waals surface area (Å²) in [6, 6.07) is 0. The quantitative estimate of drug-likeness (QED) is 0.567. The zero-order valence-electron chi connectivity index (χ0n) is 9.26. The van der Waals surface area contributed by atoms with Gasteiger partial charge >= 0.3 is 20.4 Å². The molecule has 18 heavy (non-hydrogen) atoms. The third kappa shape index (κ3) is 11.6. The molecule has 0 aromatic carbocycles. The highest BCUT2D eigenvalue weighted by molar-refractivity contribution is 7.86. The van der Waals surface area contributed by atoms with Crippen molar-refractivity contribution in [2.24, 2.45) is 0 Å². The second-order valence-electron chi connectivity index (χ2n) is 3.56. The molecule has 0 heterocycles. The van der Waals surface area contributed by atoms with Crippen LogP contribution >= 0.6 is 0 Å². The fourth-order valence-corrected chi connectivity index (χ4v) is 1.94. The number of carbonyl (C=O) groups excluding carboxylic acids is 2. The maximum absolute atomic E-state index is 12.0. The van der Waals surface area contributed by atoms with Crippen molar-refractivity contribution in [2.45, 2.75) is 25.7 Å². The van der Waals surface area contributed by atoms with Crippen LogP contribution in [0.5, 0.6) is 0 Å². The SMILES string of the molecule is O=C(CCC(=O)CCS(=O)(=O)F)CCS(=O)(=O)F. The molecule has 0 saturated carbocycles. The van der Waals surface area contributed by atoms with Crippen molar-refractivity contribution in [2.75, 3.05) is 11.5 Å². The van der Waals surface area contributed by atoms with Gasteiger partial charge < -0.3 is 0 Å². The molecule has 0 aliphatic heterocycles. The van der Waals surface area contributed by atoms with Crippen LogP contribution in [-0.2, 0) is 30.0 Å². The molecule has 0 aliphatic carbocycles. The van der Waals surface area contributed by atoms with Crippen molar-refractivity contribution in [3.05, 3.63) is 0 Å². The second kappa shape index (κ2) is 6.88. The van der Waals surface area contributed by atoms with Crippen LogP contribution in [-0.4, -0.2) is 39.9 Å². The number of halogens is 2. The minimum atomic E-state index is -4.72. The summed E-state index contributed by atoms with van der Waals surface area (Å²) in [7, 11) is -9.44. The summed E-state index contributed by atoms with van der Waals surface area (Å²) in [5, 5.41) is 0. The van der Waals surface area contributed by atoms with E-state index in [4.69, 9.17) is 0 Å². The van der Waals surface area contributed by atoms with E-state index in [0.717, 1.165) is 0 Å². The summed E-state index contributed by atoms with van der Waals surface area (Å²) in [5.41, 5.74) is 0. The molecule has 0 aromatic heterocycles. The van der Waals surface area contributed by atoms with Crippen LogP contribution in [0.25, 0.3) is 0 Å². The Morgan fingerprint density at radius 2 is 0.944 bits per heavy atom. The third-order valence-corrected chi connectivity index (χ3v) is 3.32. The fourth-order valence-electron chi connectivity index (χ4n) is 1.00. The number of carbonyl (C=O) groups is 2. The summed E-state index contributed by atoms with van der Waals surface area (Å²) in [4.78, 5) is 22.0. The molecule has 0 rings (SSSR count). The maximum Gasteiger partial charge on any atom is 0.302 e. The molecular formula is C8H12F2O6S2. The van der Waals surface area contributed by atoms with Gasteiger partial charge in [-0.3, -0.25) is 9.59 Å². The van der Waals surface area contributed by atoms with Gasteiger partial charge in [0.1, 0.15) is 11.6 Å². The third-order valence-electron chi connectivity index (χ3n) is 1.93. The highest BCUT2D eigenvalue weighted by Gasteiger charge is 2.15. The minimum Gasteiger partial charge on any atom is -0.300 e. The van der Waals surface area contributed by atoms with Crippen molar-refractivity contribution in [3.63, 3.8) is 0 Å². The first-order valence-electron chi connectivity index (χ1n) is 4.88. The molecule has 0 spiro atoms. The largest absolute Gasteiger partial charge is 0.302 e. The normalized spacial score (nSPS) is 12.3. The van der Waals surface area contributed by atoms with E-state index < -0.39 is 56.4 Å². The van der Waals surface area contributed by atoms with E-state index in [2.05, 4.69) is 0 Å². The Balaban J connectivity index is 3.89. The summed E-state index contributed by atoms with van der Waals surface area (Å²) in [6.45, 7) is 0. The zero-order valence-corrected chi connectivity index (χ0v) is 10.9. The fraction of sp³-hybridized carbons (Fsp3) is 0.750. The number of hydrogen-bond donors (Lipinski definition) is 0. The van der Waals surface area contributed by atoms with Crippen LogP contribution in [0.1, 0.15) is 25.7 Å². The average Bonchev–Trinajstić information content (AvgIpc) is 2.18. The molecule has 0 unspecified atom stereocenters. The standard InChI is InChI=1S/C8H12F2O6S2/c9-17(13,14)5-3-7(11)1-2-8(12)4-6-18(10,15)16/h1-6H2. The summed E-state index contributed by atoms with van der Waals surface area (Å²) in [5.74, 6) is -3.15. The molecule has 6 nitrogen and oxygen atoms in total. The molecule has 0 saturated heterocycles. The Hall–Kier alpha value is -0.900. The number of ketones is 2. The molecule has 0 atom stereocenters. The van der Waals surface area contributed by atoms with E-state index in [1.54, 1.807) is 0 Å². The van der Waals surface area contributed by atoms with E-state index in [1.807, 2.05) is 0 Å². The van der Waals surface area contributed by atoms with Crippen LogP contribution in [0.15, 0.2) is 0 Å². The van der Waals surface area contributed by atoms with Gasteiger partial charge in [0.15, 0.2) is 0 Å². The molecule has 0 fully saturated rings. The first-order chi connectivity index (χ1) is 7.99. The number of hydrogen-bond acceptors (Lipinski definition) is 6. The Morgan fingerprint density at radius 3 is 1.17 bits per heavy atom. The zero-order chi connectivity index (χ0) is 14.4. The Morgan fingerprint density at radius 1 is 0.667 bits per heavy atom. The van der Waals surface area contributed by atoms with Gasteiger partial charge in [-0.15, -0.1) is 7.77 Å². The van der Waals surface area contributed by atoms with Gasteiger partial charge in [0, 0.05) is 25.7 Å². The lowest BCUT2D eigenvalue weighted by Crippen LogP contribution is -2.11. The summed E-state index contributed by atoms with van der Waals surface area (Å²) < 4.78 is 64.5. The van der Waals surface area contributed by atoms with E-state index in [-0.39, 0.29) is 12.8 Å². The topological polar surface area (TPSA) is 102 Å². The summed E-state index contributed by atoms with van der Waals surface area (Å²) in [6.07, 6.45) is -1.73. The van der Waals surface area contributed by atoms with Crippen LogP contribution < -0.4 is 0 Å². The van der Waals surface area contributed by atoms with Crippen molar-refractivity contribution < 1.29 is 34.2 Å². The lowest BCUT2D eigenvalue weighted by Gasteiger charge is -1.99. The molecule has 0 radical (unpaired) electrons. The molecule has 0 amide bonds. The Kier molecular flexibility index (Phi) is 6.54. The van der Waals surface area contributed by atoms with Crippen molar-refractivity contribution in [1.82, 2.24) is 0 Å². The highest BCUT2D eigenvalue weighted by atomic mass is 32.3. The molecule has 10 heteroatoms. The van der Waals surface area contributed by atoms with Gasteiger partial charge in [-0.2, -0.15) is 16.8 Å². The summed E-state index contributed by atoms with van der Waals surface area (Å²) >= 11 is 0. The van der Waals surface area contributed by atoms with Gasteiger partial charge in [0.25, 0.3) is 0 Å². The first kappa shape index (κ1) is 17.1. The van der Waals surface area contributed by atoms with Gasteiger partial charge in [0.05, 0.1) is 11.5 Å². The smallest absolute Gasteiger partial charge is 0.300 e. The van der Waals surface area contributed by atoms with Crippen LogP contribution in [0, 0.1) is 0 Å². The van der Waals surface area contributed by atoms with E-state index in [9.17, 15) is 34.2 Å². The molecule has 0 N–H and O–H groups in total. The highest BCUT2D eigenvalue weighted by Crippen LogP contribution is 2.04. The second-order valence-corrected chi connectivity index (χ2v) is 6.54. The van der Waals surface area contributed by atoms with Crippen molar-refractivity contribution in [3.8, 4) is 0 Å². The van der Waals surface area contributed by atoms with E-state index >= 15 is 0 Å².